The number of benzene rings is 2. The van der Waals surface area contributed by atoms with Crippen molar-refractivity contribution in [2.24, 2.45) is 5.73 Å². The Hall–Kier alpha value is -1.87. The fraction of sp³-hybridized carbons (Fsp3) is 0.294. The minimum Gasteiger partial charge on any atom is -0.493 e. The Morgan fingerprint density at radius 2 is 2.10 bits per heavy atom. The van der Waals surface area contributed by atoms with Gasteiger partial charge in [0, 0.05) is 12.0 Å². The molecular weight excluding hydrogens is 253 g/mol. The molecule has 0 spiro atoms. The summed E-state index contributed by atoms with van der Waals surface area (Å²) >= 11 is 0. The number of hydrogen-bond acceptors (Lipinski definition) is 2. The zero-order valence-corrected chi connectivity index (χ0v) is 11.5. The third kappa shape index (κ3) is 2.54. The SMILES string of the molecule is CC(N)(Cc1cccc(F)c1)c1ccc2c(c1)CCO2. The van der Waals surface area contributed by atoms with Crippen LogP contribution in [0.5, 0.6) is 5.75 Å². The topological polar surface area (TPSA) is 35.2 Å². The molecule has 1 aliphatic rings. The van der Waals surface area contributed by atoms with Crippen molar-refractivity contribution in [3.8, 4) is 5.75 Å². The summed E-state index contributed by atoms with van der Waals surface area (Å²) in [5.74, 6) is 0.732. The van der Waals surface area contributed by atoms with Crippen LogP contribution < -0.4 is 10.5 Å². The van der Waals surface area contributed by atoms with Gasteiger partial charge < -0.3 is 10.5 Å². The molecule has 104 valence electrons. The van der Waals surface area contributed by atoms with Gasteiger partial charge in [-0.05, 0) is 48.2 Å². The van der Waals surface area contributed by atoms with Crippen LogP contribution in [0, 0.1) is 5.82 Å². The number of ether oxygens (including phenoxy) is 1. The van der Waals surface area contributed by atoms with Crippen LogP contribution in [0.4, 0.5) is 4.39 Å². The third-order valence-corrected chi connectivity index (χ3v) is 3.81. The van der Waals surface area contributed by atoms with Crippen molar-refractivity contribution in [3.63, 3.8) is 0 Å². The second kappa shape index (κ2) is 4.91. The van der Waals surface area contributed by atoms with Gasteiger partial charge >= 0.3 is 0 Å². The molecule has 2 N–H and O–H groups in total. The zero-order valence-electron chi connectivity index (χ0n) is 11.5. The zero-order chi connectivity index (χ0) is 14.2. The maximum absolute atomic E-state index is 13.3. The van der Waals surface area contributed by atoms with Crippen LogP contribution in [-0.2, 0) is 18.4 Å². The molecule has 1 aliphatic heterocycles. The van der Waals surface area contributed by atoms with Crippen molar-refractivity contribution < 1.29 is 9.13 Å². The Labute approximate surface area is 118 Å². The van der Waals surface area contributed by atoms with Crippen molar-refractivity contribution in [1.29, 1.82) is 0 Å². The van der Waals surface area contributed by atoms with Crippen LogP contribution in [0.25, 0.3) is 0 Å². The predicted molar refractivity (Wildman–Crippen MR) is 77.3 cm³/mol. The van der Waals surface area contributed by atoms with E-state index in [1.165, 1.54) is 11.6 Å². The van der Waals surface area contributed by atoms with Crippen molar-refractivity contribution in [2.45, 2.75) is 25.3 Å². The Kier molecular flexibility index (Phi) is 3.22. The average Bonchev–Trinajstić information content (AvgIpc) is 2.85. The summed E-state index contributed by atoms with van der Waals surface area (Å²) in [6.45, 7) is 2.72. The van der Waals surface area contributed by atoms with E-state index in [1.54, 1.807) is 12.1 Å². The normalized spacial score (nSPS) is 16.4. The molecule has 0 saturated heterocycles. The first-order valence-corrected chi connectivity index (χ1v) is 6.84. The molecule has 3 rings (SSSR count). The fourth-order valence-corrected chi connectivity index (χ4v) is 2.71. The lowest BCUT2D eigenvalue weighted by molar-refractivity contribution is 0.356. The van der Waals surface area contributed by atoms with Gasteiger partial charge in [-0.25, -0.2) is 4.39 Å². The van der Waals surface area contributed by atoms with Gasteiger partial charge in [0.05, 0.1) is 6.61 Å². The maximum Gasteiger partial charge on any atom is 0.123 e. The first kappa shape index (κ1) is 13.1. The van der Waals surface area contributed by atoms with Gasteiger partial charge in [-0.1, -0.05) is 24.3 Å². The van der Waals surface area contributed by atoms with Gasteiger partial charge in [0.1, 0.15) is 11.6 Å². The number of rotatable bonds is 3. The highest BCUT2D eigenvalue weighted by molar-refractivity contribution is 5.42. The predicted octanol–water partition coefficient (Wildman–Crippen LogP) is 3.18. The minimum absolute atomic E-state index is 0.222. The van der Waals surface area contributed by atoms with Crippen LogP contribution in [0.3, 0.4) is 0 Å². The molecule has 0 amide bonds. The lowest BCUT2D eigenvalue weighted by Gasteiger charge is -2.26. The van der Waals surface area contributed by atoms with E-state index >= 15 is 0 Å². The van der Waals surface area contributed by atoms with Crippen LogP contribution in [0.2, 0.25) is 0 Å². The van der Waals surface area contributed by atoms with Gasteiger partial charge in [-0.15, -0.1) is 0 Å². The van der Waals surface area contributed by atoms with E-state index in [1.807, 2.05) is 25.1 Å². The molecular formula is C17H18FNO. The van der Waals surface area contributed by atoms with Gasteiger partial charge in [0.25, 0.3) is 0 Å². The lowest BCUT2D eigenvalue weighted by Crippen LogP contribution is -2.35. The smallest absolute Gasteiger partial charge is 0.123 e. The summed E-state index contributed by atoms with van der Waals surface area (Å²) < 4.78 is 18.8. The first-order chi connectivity index (χ1) is 9.54. The standard InChI is InChI=1S/C17H18FNO/c1-17(19,11-12-3-2-4-15(18)9-12)14-5-6-16-13(10-14)7-8-20-16/h2-6,9-10H,7-8,11,19H2,1H3. The molecule has 1 atom stereocenters. The summed E-state index contributed by atoms with van der Waals surface area (Å²) in [7, 11) is 0. The summed E-state index contributed by atoms with van der Waals surface area (Å²) in [6, 6.07) is 12.7. The number of hydrogen-bond donors (Lipinski definition) is 1. The molecule has 1 unspecified atom stereocenters. The maximum atomic E-state index is 13.3. The van der Waals surface area contributed by atoms with Gasteiger partial charge in [-0.3, -0.25) is 0 Å². The Morgan fingerprint density at radius 3 is 2.90 bits per heavy atom. The number of nitrogens with two attached hydrogens (primary N) is 1. The Bertz CT molecular complexity index is 637. The van der Waals surface area contributed by atoms with E-state index in [4.69, 9.17) is 10.5 Å². The second-order valence-corrected chi connectivity index (χ2v) is 5.65. The van der Waals surface area contributed by atoms with E-state index in [2.05, 4.69) is 6.07 Å². The molecule has 0 radical (unpaired) electrons. The lowest BCUT2D eigenvalue weighted by atomic mass is 9.85. The van der Waals surface area contributed by atoms with E-state index in [9.17, 15) is 4.39 Å². The molecule has 0 fully saturated rings. The third-order valence-electron chi connectivity index (χ3n) is 3.81. The van der Waals surface area contributed by atoms with Gasteiger partial charge in [0.15, 0.2) is 0 Å². The van der Waals surface area contributed by atoms with E-state index in [0.29, 0.717) is 6.42 Å². The van der Waals surface area contributed by atoms with Crippen molar-refractivity contribution in [1.82, 2.24) is 0 Å². The molecule has 1 heterocycles. The van der Waals surface area contributed by atoms with Crippen molar-refractivity contribution in [3.05, 3.63) is 65.0 Å². The van der Waals surface area contributed by atoms with Crippen molar-refractivity contribution >= 4 is 0 Å². The largest absolute Gasteiger partial charge is 0.493 e. The molecule has 20 heavy (non-hydrogen) atoms. The molecule has 2 aromatic rings. The number of fused-ring (bicyclic) bond motifs is 1. The highest BCUT2D eigenvalue weighted by Crippen LogP contribution is 2.31. The van der Waals surface area contributed by atoms with Crippen LogP contribution >= 0.6 is 0 Å². The average molecular weight is 271 g/mol. The molecule has 2 nitrogen and oxygen atoms in total. The van der Waals surface area contributed by atoms with Crippen LogP contribution in [-0.4, -0.2) is 6.61 Å². The van der Waals surface area contributed by atoms with Crippen molar-refractivity contribution in [2.75, 3.05) is 6.61 Å². The van der Waals surface area contributed by atoms with E-state index < -0.39 is 5.54 Å². The fourth-order valence-electron chi connectivity index (χ4n) is 2.71. The minimum atomic E-state index is -0.522. The quantitative estimate of drug-likeness (QED) is 0.930. The number of halogens is 1. The summed E-state index contributed by atoms with van der Waals surface area (Å²) in [6.07, 6.45) is 1.53. The molecule has 2 aromatic carbocycles. The molecule has 0 aromatic heterocycles. The highest BCUT2D eigenvalue weighted by atomic mass is 19.1. The first-order valence-electron chi connectivity index (χ1n) is 6.84. The summed E-state index contributed by atoms with van der Waals surface area (Å²) in [5, 5.41) is 0. The Balaban J connectivity index is 1.87. The molecule has 3 heteroatoms. The van der Waals surface area contributed by atoms with Crippen LogP contribution in [0.15, 0.2) is 42.5 Å². The Morgan fingerprint density at radius 1 is 1.25 bits per heavy atom. The van der Waals surface area contributed by atoms with Gasteiger partial charge in [0.2, 0.25) is 0 Å². The van der Waals surface area contributed by atoms with Gasteiger partial charge in [-0.2, -0.15) is 0 Å². The van der Waals surface area contributed by atoms with E-state index in [0.717, 1.165) is 29.9 Å². The second-order valence-electron chi connectivity index (χ2n) is 5.65. The molecule has 0 bridgehead atoms. The van der Waals surface area contributed by atoms with Crippen LogP contribution in [0.1, 0.15) is 23.6 Å². The van der Waals surface area contributed by atoms with E-state index in [-0.39, 0.29) is 5.82 Å². The monoisotopic (exact) mass is 271 g/mol. The molecule has 0 aliphatic carbocycles. The molecule has 0 saturated carbocycles. The highest BCUT2D eigenvalue weighted by Gasteiger charge is 2.24. The summed E-state index contributed by atoms with van der Waals surface area (Å²) in [5.41, 5.74) is 9.11. The summed E-state index contributed by atoms with van der Waals surface area (Å²) in [4.78, 5) is 0.